The van der Waals surface area contributed by atoms with Crippen molar-refractivity contribution in [3.8, 4) is 5.75 Å². The van der Waals surface area contributed by atoms with Crippen molar-refractivity contribution in [2.24, 2.45) is 4.99 Å². The van der Waals surface area contributed by atoms with Gasteiger partial charge in [0.05, 0.1) is 6.54 Å². The third-order valence-electron chi connectivity index (χ3n) is 4.88. The largest absolute Gasteiger partial charge is 0.492 e. The van der Waals surface area contributed by atoms with Crippen molar-refractivity contribution < 1.29 is 9.53 Å². The second-order valence-corrected chi connectivity index (χ2v) is 7.12. The van der Waals surface area contributed by atoms with Crippen molar-refractivity contribution in [1.29, 1.82) is 0 Å². The zero-order chi connectivity index (χ0) is 20.5. The lowest BCUT2D eigenvalue weighted by Crippen LogP contribution is -2.41. The number of carbonyl (C=O) groups is 1. The molecule has 0 saturated heterocycles. The smallest absolute Gasteiger partial charge is 0.244 e. The van der Waals surface area contributed by atoms with E-state index in [0.29, 0.717) is 25.7 Å². The third-order valence-corrected chi connectivity index (χ3v) is 4.88. The molecule has 0 radical (unpaired) electrons. The summed E-state index contributed by atoms with van der Waals surface area (Å²) < 4.78 is 5.72. The van der Waals surface area contributed by atoms with Crippen molar-refractivity contribution in [2.75, 3.05) is 32.8 Å². The van der Waals surface area contributed by atoms with E-state index >= 15 is 0 Å². The Morgan fingerprint density at radius 3 is 2.62 bits per heavy atom. The molecule has 1 heterocycles. The Morgan fingerprint density at radius 2 is 1.86 bits per heavy atom. The maximum absolute atomic E-state index is 12.6. The maximum atomic E-state index is 12.6. The molecule has 6 heteroatoms. The Labute approximate surface area is 173 Å². The van der Waals surface area contributed by atoms with Gasteiger partial charge in [-0.25, -0.2) is 4.99 Å². The van der Waals surface area contributed by atoms with Crippen LogP contribution in [0.2, 0.25) is 0 Å². The standard InChI is InChI=1S/C23H30N4O2/c1-3-24-23(25-13-15-29-21-10-8-18(2)9-11-21)26-16-22(28)27-14-12-19-6-4-5-7-20(19)17-27/h4-11H,3,12-17H2,1-2H3,(H2,24,25,26). The van der Waals surface area contributed by atoms with Crippen LogP contribution in [0.15, 0.2) is 53.5 Å². The zero-order valence-electron chi connectivity index (χ0n) is 17.3. The van der Waals surface area contributed by atoms with Crippen molar-refractivity contribution in [2.45, 2.75) is 26.8 Å². The maximum Gasteiger partial charge on any atom is 0.244 e. The van der Waals surface area contributed by atoms with E-state index in [-0.39, 0.29) is 12.5 Å². The molecular weight excluding hydrogens is 364 g/mol. The van der Waals surface area contributed by atoms with Crippen LogP contribution in [0, 0.1) is 6.92 Å². The number of carbonyl (C=O) groups excluding carboxylic acids is 1. The number of fused-ring (bicyclic) bond motifs is 1. The summed E-state index contributed by atoms with van der Waals surface area (Å²) in [6, 6.07) is 16.3. The van der Waals surface area contributed by atoms with E-state index in [4.69, 9.17) is 4.74 Å². The summed E-state index contributed by atoms with van der Waals surface area (Å²) in [6.07, 6.45) is 0.903. The minimum atomic E-state index is 0.0487. The van der Waals surface area contributed by atoms with Gasteiger partial charge in [-0.05, 0) is 43.5 Å². The van der Waals surface area contributed by atoms with Crippen LogP contribution in [0.4, 0.5) is 0 Å². The third kappa shape index (κ3) is 6.24. The number of amides is 1. The van der Waals surface area contributed by atoms with E-state index in [1.807, 2.05) is 42.2 Å². The average molecular weight is 395 g/mol. The van der Waals surface area contributed by atoms with Gasteiger partial charge in [0.15, 0.2) is 5.96 Å². The highest BCUT2D eigenvalue weighted by Crippen LogP contribution is 2.18. The summed E-state index contributed by atoms with van der Waals surface area (Å²) in [4.78, 5) is 18.9. The Bertz CT molecular complexity index is 833. The molecule has 1 amide bonds. The van der Waals surface area contributed by atoms with E-state index in [0.717, 1.165) is 25.3 Å². The Morgan fingerprint density at radius 1 is 1.10 bits per heavy atom. The van der Waals surface area contributed by atoms with Gasteiger partial charge in [0.25, 0.3) is 0 Å². The second-order valence-electron chi connectivity index (χ2n) is 7.12. The molecule has 29 heavy (non-hydrogen) atoms. The Kier molecular flexibility index (Phi) is 7.50. The van der Waals surface area contributed by atoms with Crippen molar-refractivity contribution in [1.82, 2.24) is 15.5 Å². The van der Waals surface area contributed by atoms with Crippen LogP contribution >= 0.6 is 0 Å². The van der Waals surface area contributed by atoms with E-state index in [1.165, 1.54) is 16.7 Å². The minimum Gasteiger partial charge on any atom is -0.492 e. The number of rotatable bonds is 7. The van der Waals surface area contributed by atoms with Crippen LogP contribution in [-0.2, 0) is 17.8 Å². The van der Waals surface area contributed by atoms with E-state index < -0.39 is 0 Å². The number of hydrogen-bond acceptors (Lipinski definition) is 3. The van der Waals surface area contributed by atoms with Gasteiger partial charge in [-0.15, -0.1) is 0 Å². The quantitative estimate of drug-likeness (QED) is 0.430. The lowest BCUT2D eigenvalue weighted by Gasteiger charge is -2.28. The molecule has 0 fully saturated rings. The number of nitrogens with zero attached hydrogens (tertiary/aromatic N) is 2. The first-order valence-corrected chi connectivity index (χ1v) is 10.2. The van der Waals surface area contributed by atoms with Crippen LogP contribution in [0.5, 0.6) is 5.75 Å². The van der Waals surface area contributed by atoms with Crippen LogP contribution in [0.25, 0.3) is 0 Å². The normalized spacial score (nSPS) is 13.6. The molecule has 0 aromatic heterocycles. The Balaban J connectivity index is 1.45. The van der Waals surface area contributed by atoms with Crippen molar-refractivity contribution in [3.63, 3.8) is 0 Å². The number of ether oxygens (including phenoxy) is 1. The first kappa shape index (κ1) is 20.7. The van der Waals surface area contributed by atoms with Crippen molar-refractivity contribution >= 4 is 11.9 Å². The number of guanidine groups is 1. The minimum absolute atomic E-state index is 0.0487. The molecule has 2 N–H and O–H groups in total. The molecule has 154 valence electrons. The molecule has 0 aliphatic carbocycles. The van der Waals surface area contributed by atoms with Gasteiger partial charge in [-0.2, -0.15) is 0 Å². The van der Waals surface area contributed by atoms with Crippen LogP contribution in [-0.4, -0.2) is 49.6 Å². The molecule has 1 aliphatic heterocycles. The summed E-state index contributed by atoms with van der Waals surface area (Å²) in [7, 11) is 0. The average Bonchev–Trinajstić information content (AvgIpc) is 2.75. The fourth-order valence-corrected chi connectivity index (χ4v) is 3.27. The van der Waals surface area contributed by atoms with E-state index in [1.54, 1.807) is 0 Å². The number of aryl methyl sites for hydroxylation is 1. The molecule has 3 rings (SSSR count). The lowest BCUT2D eigenvalue weighted by molar-refractivity contribution is -0.130. The van der Waals surface area contributed by atoms with Crippen LogP contribution < -0.4 is 15.4 Å². The van der Waals surface area contributed by atoms with Gasteiger partial charge in [-0.3, -0.25) is 4.79 Å². The van der Waals surface area contributed by atoms with Gasteiger partial charge < -0.3 is 20.3 Å². The highest BCUT2D eigenvalue weighted by molar-refractivity contribution is 5.85. The molecule has 0 saturated carbocycles. The number of benzene rings is 2. The van der Waals surface area contributed by atoms with Crippen LogP contribution in [0.3, 0.4) is 0 Å². The summed E-state index contributed by atoms with van der Waals surface area (Å²) in [5.41, 5.74) is 3.77. The predicted molar refractivity (Wildman–Crippen MR) is 116 cm³/mol. The van der Waals surface area contributed by atoms with Gasteiger partial charge >= 0.3 is 0 Å². The molecule has 0 bridgehead atoms. The van der Waals surface area contributed by atoms with Gasteiger partial charge in [0, 0.05) is 19.6 Å². The van der Waals surface area contributed by atoms with Gasteiger partial charge in [0.2, 0.25) is 5.91 Å². The van der Waals surface area contributed by atoms with E-state index in [2.05, 4.69) is 40.7 Å². The summed E-state index contributed by atoms with van der Waals surface area (Å²) in [6.45, 7) is 7.46. The van der Waals surface area contributed by atoms with Crippen molar-refractivity contribution in [3.05, 3.63) is 65.2 Å². The second kappa shape index (κ2) is 10.5. The van der Waals surface area contributed by atoms with E-state index in [9.17, 15) is 4.79 Å². The molecule has 2 aromatic rings. The zero-order valence-corrected chi connectivity index (χ0v) is 17.3. The molecule has 0 atom stereocenters. The number of aliphatic imine (C=N–C) groups is 1. The molecule has 2 aromatic carbocycles. The van der Waals surface area contributed by atoms with Gasteiger partial charge in [-0.1, -0.05) is 42.0 Å². The molecule has 0 spiro atoms. The first-order chi connectivity index (χ1) is 14.2. The molecule has 6 nitrogen and oxygen atoms in total. The SMILES string of the molecule is CCNC(=NCC(=O)N1CCc2ccccc2C1)NCCOc1ccc(C)cc1. The van der Waals surface area contributed by atoms with Gasteiger partial charge in [0.1, 0.15) is 18.9 Å². The molecule has 0 unspecified atom stereocenters. The molecule has 1 aliphatic rings. The monoisotopic (exact) mass is 394 g/mol. The predicted octanol–water partition coefficient (Wildman–Crippen LogP) is 2.51. The highest BCUT2D eigenvalue weighted by atomic mass is 16.5. The number of hydrogen-bond donors (Lipinski definition) is 2. The lowest BCUT2D eigenvalue weighted by atomic mass is 10.00. The van der Waals surface area contributed by atoms with Crippen LogP contribution in [0.1, 0.15) is 23.6 Å². The summed E-state index contributed by atoms with van der Waals surface area (Å²) in [5, 5.41) is 6.39. The summed E-state index contributed by atoms with van der Waals surface area (Å²) in [5.74, 6) is 1.53. The number of nitrogens with one attached hydrogen (secondary N) is 2. The highest BCUT2D eigenvalue weighted by Gasteiger charge is 2.19. The molecular formula is C23H30N4O2. The Hall–Kier alpha value is -3.02. The topological polar surface area (TPSA) is 66.0 Å². The summed E-state index contributed by atoms with van der Waals surface area (Å²) >= 11 is 0. The fourth-order valence-electron chi connectivity index (χ4n) is 3.27. The fraction of sp³-hybridized carbons (Fsp3) is 0.391. The first-order valence-electron chi connectivity index (χ1n) is 10.2.